The third-order valence-corrected chi connectivity index (χ3v) is 21.1. The van der Waals surface area contributed by atoms with Crippen molar-refractivity contribution in [3.63, 3.8) is 0 Å². The number of fused-ring (bicyclic) bond motifs is 14. The number of nitrogens with zero attached hydrogens (tertiary/aromatic N) is 3. The first-order valence-corrected chi connectivity index (χ1v) is 32.4. The van der Waals surface area contributed by atoms with E-state index in [4.69, 9.17) is 8.83 Å². The summed E-state index contributed by atoms with van der Waals surface area (Å²) in [4.78, 5) is 7.67. The number of hydrogen-bond acceptors (Lipinski definition) is 6. The van der Waals surface area contributed by atoms with Crippen LogP contribution < -0.4 is 24.9 Å². The number of hydrogen-bond donors (Lipinski definition) is 0. The summed E-state index contributed by atoms with van der Waals surface area (Å²) >= 11 is 1.98. The predicted octanol–water partition coefficient (Wildman–Crippen LogP) is 22.4. The van der Waals surface area contributed by atoms with E-state index in [1.54, 1.807) is 0 Å². The quantitative estimate of drug-likeness (QED) is 0.161. The minimum absolute atomic E-state index is 0.00990. The number of benzene rings is 9. The first-order chi connectivity index (χ1) is 41.1. The molecule has 436 valence electrons. The van der Waals surface area contributed by atoms with Crippen LogP contribution in [0.4, 0.5) is 45.5 Å². The Morgan fingerprint density at radius 2 is 0.954 bits per heavy atom. The molecule has 87 heavy (non-hydrogen) atoms. The van der Waals surface area contributed by atoms with Crippen LogP contribution in [0.2, 0.25) is 0 Å². The Hall–Kier alpha value is -8.00. The molecule has 5 nitrogen and oxygen atoms in total. The lowest BCUT2D eigenvalue weighted by atomic mass is 9.46. The monoisotopic (exact) mass is 1160 g/mol. The summed E-state index contributed by atoms with van der Waals surface area (Å²) in [6.07, 6.45) is 2.30. The molecule has 0 bridgehead atoms. The van der Waals surface area contributed by atoms with Crippen molar-refractivity contribution in [3.8, 4) is 11.1 Å². The van der Waals surface area contributed by atoms with E-state index in [9.17, 15) is 0 Å². The Labute approximate surface area is 518 Å². The first-order valence-electron chi connectivity index (χ1n) is 31.5. The Balaban J connectivity index is 1.03. The van der Waals surface area contributed by atoms with Crippen LogP contribution in [0.15, 0.2) is 179 Å². The van der Waals surface area contributed by atoms with Crippen LogP contribution in [-0.2, 0) is 32.5 Å². The van der Waals surface area contributed by atoms with Gasteiger partial charge in [-0.25, -0.2) is 0 Å². The van der Waals surface area contributed by atoms with Gasteiger partial charge < -0.3 is 23.4 Å². The van der Waals surface area contributed by atoms with Crippen LogP contribution in [0.5, 0.6) is 0 Å². The Bertz CT molecular complexity index is 4720. The lowest BCUT2D eigenvalue weighted by Gasteiger charge is -2.45. The molecule has 0 saturated heterocycles. The molecule has 3 aromatic heterocycles. The SMILES string of the molecule is CC(C)(C)c1ccc(N2B3c4sc5cc6c(cc5c4N(c4ccc(C(C)(C)C)cc4)c4cc5c(oc7ccccc75)c(c43)-c3cc4c(cc32)oc2cc(N(c3ccc(C(C)(C)C)cc3)c3ccc(C(C)(C)C)cc3)ccc24)C(C)(C)CCC6(C)C)cc1. The summed E-state index contributed by atoms with van der Waals surface area (Å²) in [5.74, 6) is 0. The number of anilines is 8. The Morgan fingerprint density at radius 1 is 0.448 bits per heavy atom. The fourth-order valence-corrected chi connectivity index (χ4v) is 15.9. The van der Waals surface area contributed by atoms with Crippen LogP contribution in [0, 0.1) is 0 Å². The van der Waals surface area contributed by atoms with Gasteiger partial charge in [-0.2, -0.15) is 0 Å². The minimum atomic E-state index is -0.229. The third kappa shape index (κ3) is 8.74. The smallest absolute Gasteiger partial charge is 0.343 e. The number of thiophene rings is 1. The average molecular weight is 1160 g/mol. The number of para-hydroxylation sites is 1. The molecule has 0 saturated carbocycles. The molecule has 5 heterocycles. The summed E-state index contributed by atoms with van der Waals surface area (Å²) in [6, 6.07) is 65.0. The van der Waals surface area contributed by atoms with Crippen molar-refractivity contribution in [3.05, 3.63) is 203 Å². The Kier molecular flexibility index (Phi) is 12.0. The number of furan rings is 2. The molecule has 15 rings (SSSR count). The zero-order valence-corrected chi connectivity index (χ0v) is 54.5. The molecule has 0 N–H and O–H groups in total. The summed E-state index contributed by atoms with van der Waals surface area (Å²) in [7, 11) is 0. The lowest BCUT2D eigenvalue weighted by Crippen LogP contribution is -2.60. The van der Waals surface area contributed by atoms with Gasteiger partial charge in [-0.1, -0.05) is 178 Å². The highest BCUT2D eigenvalue weighted by Crippen LogP contribution is 2.56. The molecular weight excluding hydrogens is 1080 g/mol. The Morgan fingerprint density at radius 3 is 1.53 bits per heavy atom. The number of rotatable bonds is 5. The van der Waals surface area contributed by atoms with Gasteiger partial charge in [0.05, 0.1) is 5.69 Å². The van der Waals surface area contributed by atoms with Crippen molar-refractivity contribution in [2.24, 2.45) is 0 Å². The van der Waals surface area contributed by atoms with E-state index in [1.165, 1.54) is 65.1 Å². The van der Waals surface area contributed by atoms with Gasteiger partial charge in [0.15, 0.2) is 0 Å². The summed E-state index contributed by atoms with van der Waals surface area (Å²) in [6.45, 7) is 37.1. The van der Waals surface area contributed by atoms with Crippen LogP contribution >= 0.6 is 11.3 Å². The zero-order valence-electron chi connectivity index (χ0n) is 53.7. The van der Waals surface area contributed by atoms with Gasteiger partial charge in [0.1, 0.15) is 22.3 Å². The minimum Gasteiger partial charge on any atom is -0.456 e. The lowest BCUT2D eigenvalue weighted by molar-refractivity contribution is 0.332. The van der Waals surface area contributed by atoms with Gasteiger partial charge >= 0.3 is 6.85 Å². The molecule has 0 amide bonds. The molecule has 3 aliphatic rings. The van der Waals surface area contributed by atoms with E-state index in [0.29, 0.717) is 0 Å². The van der Waals surface area contributed by atoms with E-state index in [0.717, 1.165) is 102 Å². The predicted molar refractivity (Wildman–Crippen MR) is 375 cm³/mol. The molecule has 0 unspecified atom stereocenters. The second-order valence-electron chi connectivity index (χ2n) is 30.9. The first kappa shape index (κ1) is 55.6. The largest absolute Gasteiger partial charge is 0.456 e. The molecule has 0 radical (unpaired) electrons. The van der Waals surface area contributed by atoms with Crippen molar-refractivity contribution in [1.29, 1.82) is 0 Å². The van der Waals surface area contributed by atoms with E-state index < -0.39 is 0 Å². The van der Waals surface area contributed by atoms with Crippen molar-refractivity contribution < 1.29 is 8.83 Å². The van der Waals surface area contributed by atoms with Crippen molar-refractivity contribution in [2.45, 2.75) is 156 Å². The summed E-state index contributed by atoms with van der Waals surface area (Å²) in [5, 5.41) is 5.67. The molecular formula is C80H80BN3O2S. The molecule has 12 aromatic rings. The molecule has 7 heteroatoms. The molecule has 1 aliphatic carbocycles. The fraction of sp³-hybridized carbons (Fsp3) is 0.300. The summed E-state index contributed by atoms with van der Waals surface area (Å²) in [5.41, 5.74) is 24.3. The van der Waals surface area contributed by atoms with Gasteiger partial charge in [-0.3, -0.25) is 0 Å². The van der Waals surface area contributed by atoms with Crippen LogP contribution in [0.3, 0.4) is 0 Å². The van der Waals surface area contributed by atoms with Gasteiger partial charge in [0.2, 0.25) is 0 Å². The van der Waals surface area contributed by atoms with E-state index in [1.807, 2.05) is 11.3 Å². The molecule has 2 aliphatic heterocycles. The fourth-order valence-electron chi connectivity index (χ4n) is 14.6. The van der Waals surface area contributed by atoms with Crippen molar-refractivity contribution >= 4 is 128 Å². The molecule has 0 atom stereocenters. The maximum absolute atomic E-state index is 7.33. The van der Waals surface area contributed by atoms with Gasteiger partial charge in [-0.05, 0) is 175 Å². The van der Waals surface area contributed by atoms with Crippen LogP contribution in [-0.4, -0.2) is 6.85 Å². The highest BCUT2D eigenvalue weighted by molar-refractivity contribution is 7.32. The highest BCUT2D eigenvalue weighted by atomic mass is 32.1. The summed E-state index contributed by atoms with van der Waals surface area (Å²) < 4.78 is 17.3. The van der Waals surface area contributed by atoms with Gasteiger partial charge in [-0.15, -0.1) is 11.3 Å². The molecule has 0 fully saturated rings. The normalized spacial score (nSPS) is 15.6. The maximum atomic E-state index is 7.33. The van der Waals surface area contributed by atoms with E-state index >= 15 is 0 Å². The maximum Gasteiger partial charge on any atom is 0.343 e. The standard InChI is InChI=1S/C80H80BN3O2S/c1-75(2,3)47-21-29-51(30-22-47)82(52-31-23-48(24-32-52)76(4,5)6)55-37-38-57-58-42-60-64(46-68(58)85-67(57)41-55)84(54-35-27-50(28-36-54)78(10,11)12)81-71-65(44-59-56-19-17-18-20-66(56)86-73(59)70(60)71)83(53-33-25-49(26-34-53)77(7,8)9)72-61-43-62-63(45-69(61)87-74(72)81)80(15,16)40-39-79(62,13)14/h17-38,41-46H,39-40H2,1-16H3. The highest BCUT2D eigenvalue weighted by Gasteiger charge is 2.49. The van der Waals surface area contributed by atoms with Crippen LogP contribution in [0.25, 0.3) is 65.1 Å². The average Bonchev–Trinajstić information content (AvgIpc) is 1.68. The van der Waals surface area contributed by atoms with E-state index in [2.05, 4.69) is 295 Å². The van der Waals surface area contributed by atoms with Gasteiger partial charge in [0, 0.05) is 99.5 Å². The molecule has 9 aromatic carbocycles. The van der Waals surface area contributed by atoms with Crippen molar-refractivity contribution in [2.75, 3.05) is 14.6 Å². The molecule has 0 spiro atoms. The van der Waals surface area contributed by atoms with Gasteiger partial charge in [0.25, 0.3) is 0 Å². The van der Waals surface area contributed by atoms with E-state index in [-0.39, 0.29) is 39.3 Å². The second kappa shape index (κ2) is 18.8. The third-order valence-electron chi connectivity index (χ3n) is 19.9. The van der Waals surface area contributed by atoms with Crippen molar-refractivity contribution in [1.82, 2.24) is 0 Å². The van der Waals surface area contributed by atoms with Crippen LogP contribution in [0.1, 0.15) is 157 Å². The zero-order chi connectivity index (χ0) is 60.8. The topological polar surface area (TPSA) is 36.0 Å². The second-order valence-corrected chi connectivity index (χ2v) is 32.0.